The first-order valence-electron chi connectivity index (χ1n) is 9.28. The van der Waals surface area contributed by atoms with E-state index in [2.05, 4.69) is 25.4 Å². The number of imidazole rings is 1. The summed E-state index contributed by atoms with van der Waals surface area (Å²) >= 11 is 0. The topological polar surface area (TPSA) is 108 Å². The van der Waals surface area contributed by atoms with Crippen LogP contribution in [-0.4, -0.2) is 30.6 Å². The van der Waals surface area contributed by atoms with Gasteiger partial charge in [-0.05, 0) is 52.0 Å². The van der Waals surface area contributed by atoms with Crippen molar-refractivity contribution >= 4 is 11.6 Å². The van der Waals surface area contributed by atoms with Crippen LogP contribution in [0.1, 0.15) is 33.5 Å². The SMILES string of the molecule is Cc1nc(Oc2ccc(NC(=O)c3cc(C)on3)cc2)cc(-n2cnc(C)c2C)n1. The second-order valence-electron chi connectivity index (χ2n) is 6.80. The van der Waals surface area contributed by atoms with Crippen molar-refractivity contribution in [1.29, 1.82) is 0 Å². The van der Waals surface area contributed by atoms with Crippen LogP contribution < -0.4 is 10.1 Å². The van der Waals surface area contributed by atoms with Crippen molar-refractivity contribution in [3.63, 3.8) is 0 Å². The lowest BCUT2D eigenvalue weighted by atomic mass is 10.3. The van der Waals surface area contributed by atoms with Crippen LogP contribution in [0.2, 0.25) is 0 Å². The third-order valence-electron chi connectivity index (χ3n) is 4.49. The molecule has 152 valence electrons. The number of carbonyl (C=O) groups excluding carboxylic acids is 1. The van der Waals surface area contributed by atoms with Gasteiger partial charge in [0.25, 0.3) is 5.91 Å². The molecule has 0 spiro atoms. The molecule has 30 heavy (non-hydrogen) atoms. The minimum absolute atomic E-state index is 0.224. The van der Waals surface area contributed by atoms with E-state index in [0.717, 1.165) is 11.4 Å². The fourth-order valence-corrected chi connectivity index (χ4v) is 2.83. The molecule has 0 unspecified atom stereocenters. The maximum absolute atomic E-state index is 12.2. The first-order chi connectivity index (χ1) is 14.4. The summed E-state index contributed by atoms with van der Waals surface area (Å²) in [6.45, 7) is 7.46. The number of amides is 1. The maximum Gasteiger partial charge on any atom is 0.277 e. The van der Waals surface area contributed by atoms with E-state index < -0.39 is 0 Å². The predicted octanol–water partition coefficient (Wildman–Crippen LogP) is 3.93. The molecule has 0 saturated carbocycles. The highest BCUT2D eigenvalue weighted by molar-refractivity contribution is 6.02. The summed E-state index contributed by atoms with van der Waals surface area (Å²) in [5.74, 6) is 2.49. The zero-order valence-corrected chi connectivity index (χ0v) is 17.0. The van der Waals surface area contributed by atoms with Crippen LogP contribution in [0.15, 0.2) is 47.2 Å². The monoisotopic (exact) mass is 404 g/mol. The fourth-order valence-electron chi connectivity index (χ4n) is 2.83. The Morgan fingerprint density at radius 3 is 2.47 bits per heavy atom. The van der Waals surface area contributed by atoms with Gasteiger partial charge in [-0.15, -0.1) is 0 Å². The number of rotatable bonds is 5. The van der Waals surface area contributed by atoms with E-state index in [4.69, 9.17) is 9.26 Å². The lowest BCUT2D eigenvalue weighted by molar-refractivity contribution is 0.101. The summed E-state index contributed by atoms with van der Waals surface area (Å²) in [6.07, 6.45) is 1.73. The largest absolute Gasteiger partial charge is 0.439 e. The Bertz CT molecular complexity index is 1210. The van der Waals surface area contributed by atoms with Crippen molar-refractivity contribution in [3.8, 4) is 17.4 Å². The second kappa shape index (κ2) is 7.78. The van der Waals surface area contributed by atoms with E-state index in [1.807, 2.05) is 18.4 Å². The Labute approximate surface area is 172 Å². The molecule has 1 amide bonds. The molecule has 1 N–H and O–H groups in total. The van der Waals surface area contributed by atoms with E-state index in [0.29, 0.717) is 34.7 Å². The molecule has 0 aliphatic rings. The van der Waals surface area contributed by atoms with Gasteiger partial charge >= 0.3 is 0 Å². The summed E-state index contributed by atoms with van der Waals surface area (Å²) in [7, 11) is 0. The highest BCUT2D eigenvalue weighted by Gasteiger charge is 2.12. The second-order valence-corrected chi connectivity index (χ2v) is 6.80. The van der Waals surface area contributed by atoms with Gasteiger partial charge in [0.05, 0.1) is 5.69 Å². The van der Waals surface area contributed by atoms with Gasteiger partial charge in [0.2, 0.25) is 5.88 Å². The van der Waals surface area contributed by atoms with Crippen LogP contribution in [0.25, 0.3) is 5.82 Å². The third-order valence-corrected chi connectivity index (χ3v) is 4.49. The quantitative estimate of drug-likeness (QED) is 0.537. The first kappa shape index (κ1) is 19.3. The van der Waals surface area contributed by atoms with Gasteiger partial charge in [-0.1, -0.05) is 5.16 Å². The molecule has 9 nitrogen and oxygen atoms in total. The molecule has 1 aromatic carbocycles. The summed E-state index contributed by atoms with van der Waals surface area (Å²) in [5.41, 5.74) is 2.77. The van der Waals surface area contributed by atoms with Gasteiger partial charge in [0, 0.05) is 23.5 Å². The van der Waals surface area contributed by atoms with E-state index >= 15 is 0 Å². The van der Waals surface area contributed by atoms with Crippen molar-refractivity contribution in [2.75, 3.05) is 5.32 Å². The van der Waals surface area contributed by atoms with Crippen LogP contribution in [-0.2, 0) is 0 Å². The van der Waals surface area contributed by atoms with Gasteiger partial charge in [-0.2, -0.15) is 4.98 Å². The number of ether oxygens (including phenoxy) is 1. The number of carbonyl (C=O) groups is 1. The maximum atomic E-state index is 12.2. The molecule has 0 bridgehead atoms. The van der Waals surface area contributed by atoms with Crippen molar-refractivity contribution in [3.05, 3.63) is 71.4 Å². The lowest BCUT2D eigenvalue weighted by Gasteiger charge is -2.10. The van der Waals surface area contributed by atoms with E-state index in [1.54, 1.807) is 56.6 Å². The molecule has 0 saturated heterocycles. The van der Waals surface area contributed by atoms with Gasteiger partial charge in [0.15, 0.2) is 5.69 Å². The van der Waals surface area contributed by atoms with Gasteiger partial charge < -0.3 is 14.6 Å². The zero-order valence-electron chi connectivity index (χ0n) is 17.0. The van der Waals surface area contributed by atoms with Crippen LogP contribution in [0.3, 0.4) is 0 Å². The standard InChI is InChI=1S/C21H20N6O3/c1-12-9-18(26-30-12)21(28)25-16-5-7-17(8-6-16)29-20-10-19(23-15(4)24-20)27-11-22-13(2)14(27)3/h5-11H,1-4H3,(H,25,28). The molecule has 0 aliphatic carbocycles. The molecule has 4 rings (SSSR count). The van der Waals surface area contributed by atoms with Crippen LogP contribution >= 0.6 is 0 Å². The number of benzene rings is 1. The number of hydrogen-bond donors (Lipinski definition) is 1. The van der Waals surface area contributed by atoms with Crippen molar-refractivity contribution < 1.29 is 14.1 Å². The minimum Gasteiger partial charge on any atom is -0.439 e. The Morgan fingerprint density at radius 1 is 1.07 bits per heavy atom. The Balaban J connectivity index is 1.49. The summed E-state index contributed by atoms with van der Waals surface area (Å²) < 4.78 is 12.7. The normalized spacial score (nSPS) is 10.8. The van der Waals surface area contributed by atoms with E-state index in [1.165, 1.54) is 0 Å². The number of aryl methyl sites for hydroxylation is 3. The van der Waals surface area contributed by atoms with E-state index in [-0.39, 0.29) is 11.6 Å². The van der Waals surface area contributed by atoms with Crippen molar-refractivity contribution in [2.45, 2.75) is 27.7 Å². The third kappa shape index (κ3) is 4.04. The molecule has 0 radical (unpaired) electrons. The Morgan fingerprint density at radius 2 is 1.83 bits per heavy atom. The van der Waals surface area contributed by atoms with Crippen LogP contribution in [0.5, 0.6) is 11.6 Å². The van der Waals surface area contributed by atoms with Gasteiger partial charge in [0.1, 0.15) is 29.5 Å². The molecule has 3 aromatic heterocycles. The smallest absolute Gasteiger partial charge is 0.277 e. The zero-order chi connectivity index (χ0) is 21.3. The average Bonchev–Trinajstić information content (AvgIpc) is 3.29. The molecule has 0 atom stereocenters. The Kier molecular flexibility index (Phi) is 5.01. The molecular formula is C21H20N6O3. The molecule has 0 aliphatic heterocycles. The lowest BCUT2D eigenvalue weighted by Crippen LogP contribution is -2.12. The van der Waals surface area contributed by atoms with Gasteiger partial charge in [-0.25, -0.2) is 9.97 Å². The molecule has 9 heteroatoms. The number of aromatic nitrogens is 5. The van der Waals surface area contributed by atoms with Crippen molar-refractivity contribution in [2.24, 2.45) is 0 Å². The summed E-state index contributed by atoms with van der Waals surface area (Å²) in [6, 6.07) is 10.3. The number of nitrogens with one attached hydrogen (secondary N) is 1. The molecular weight excluding hydrogens is 384 g/mol. The first-order valence-corrected chi connectivity index (χ1v) is 9.28. The number of anilines is 1. The fraction of sp³-hybridized carbons (Fsp3) is 0.190. The van der Waals surface area contributed by atoms with E-state index in [9.17, 15) is 4.79 Å². The Hall–Kier alpha value is -4.01. The number of hydrogen-bond acceptors (Lipinski definition) is 7. The summed E-state index contributed by atoms with van der Waals surface area (Å²) in [5, 5.41) is 6.46. The highest BCUT2D eigenvalue weighted by Crippen LogP contribution is 2.24. The average molecular weight is 404 g/mol. The molecule has 0 fully saturated rings. The predicted molar refractivity (Wildman–Crippen MR) is 109 cm³/mol. The van der Waals surface area contributed by atoms with Crippen LogP contribution in [0, 0.1) is 27.7 Å². The van der Waals surface area contributed by atoms with Crippen molar-refractivity contribution in [1.82, 2.24) is 24.7 Å². The van der Waals surface area contributed by atoms with Crippen LogP contribution in [0.4, 0.5) is 5.69 Å². The highest BCUT2D eigenvalue weighted by atomic mass is 16.5. The molecule has 3 heterocycles. The summed E-state index contributed by atoms with van der Waals surface area (Å²) in [4.78, 5) is 25.3. The molecule has 4 aromatic rings. The van der Waals surface area contributed by atoms with Gasteiger partial charge in [-0.3, -0.25) is 9.36 Å². The number of nitrogens with zero attached hydrogens (tertiary/aromatic N) is 5. The minimum atomic E-state index is -0.345.